The number of esters is 1. The Morgan fingerprint density at radius 1 is 0.917 bits per heavy atom. The summed E-state index contributed by atoms with van der Waals surface area (Å²) in [5, 5.41) is 2.86. The van der Waals surface area contributed by atoms with Crippen LogP contribution in [0.3, 0.4) is 0 Å². The summed E-state index contributed by atoms with van der Waals surface area (Å²) in [6, 6.07) is 15.2. The molecule has 2 aromatic carbocycles. The van der Waals surface area contributed by atoms with Gasteiger partial charge in [-0.3, -0.25) is 20.4 Å². The number of carbonyl (C=O) groups excluding carboxylic acids is 3. The number of rotatable bonds is 5. The first kappa shape index (κ1) is 17.0. The van der Waals surface area contributed by atoms with Gasteiger partial charge in [0.1, 0.15) is 0 Å². The molecule has 24 heavy (non-hydrogen) atoms. The minimum atomic E-state index is -0.644. The number of hydrogen-bond donors (Lipinski definition) is 3. The summed E-state index contributed by atoms with van der Waals surface area (Å²) in [5.74, 6) is -1.74. The summed E-state index contributed by atoms with van der Waals surface area (Å²) in [4.78, 5) is 35.4. The number of hydrogen-bond acceptors (Lipinski definition) is 5. The van der Waals surface area contributed by atoms with E-state index in [4.69, 9.17) is 4.74 Å². The number of anilines is 1. The lowest BCUT2D eigenvalue weighted by Crippen LogP contribution is -2.43. The van der Waals surface area contributed by atoms with Crippen LogP contribution in [0.15, 0.2) is 54.6 Å². The number of carbonyl (C=O) groups is 3. The largest absolute Gasteiger partial charge is 0.452 e. The molecule has 0 saturated heterocycles. The van der Waals surface area contributed by atoms with Gasteiger partial charge in [-0.1, -0.05) is 30.3 Å². The zero-order valence-corrected chi connectivity index (χ0v) is 13.0. The minimum Gasteiger partial charge on any atom is -0.452 e. The molecule has 0 spiro atoms. The number of para-hydroxylation sites is 1. The lowest BCUT2D eigenvalue weighted by atomic mass is 10.2. The maximum Gasteiger partial charge on any atom is 0.340 e. The van der Waals surface area contributed by atoms with Crippen LogP contribution in [0, 0.1) is 0 Å². The van der Waals surface area contributed by atoms with E-state index in [1.807, 2.05) is 0 Å². The maximum atomic E-state index is 12.0. The molecule has 2 aromatic rings. The van der Waals surface area contributed by atoms with Crippen molar-refractivity contribution in [3.8, 4) is 0 Å². The summed E-state index contributed by atoms with van der Waals surface area (Å²) >= 11 is 0. The molecular weight excluding hydrogens is 310 g/mol. The fraction of sp³-hybridized carbons (Fsp3) is 0.118. The molecule has 0 heterocycles. The molecule has 0 bridgehead atoms. The first-order chi connectivity index (χ1) is 11.6. The van der Waals surface area contributed by atoms with Crippen LogP contribution < -0.4 is 16.2 Å². The Morgan fingerprint density at radius 3 is 2.29 bits per heavy atom. The van der Waals surface area contributed by atoms with Gasteiger partial charge in [-0.25, -0.2) is 4.79 Å². The Hall–Kier alpha value is -3.35. The number of nitrogens with one attached hydrogen (secondary N) is 3. The predicted molar refractivity (Wildman–Crippen MR) is 88.3 cm³/mol. The molecule has 0 saturated carbocycles. The van der Waals surface area contributed by atoms with Crippen LogP contribution in [-0.4, -0.2) is 31.4 Å². The van der Waals surface area contributed by atoms with E-state index in [1.54, 1.807) is 61.6 Å². The first-order valence-electron chi connectivity index (χ1n) is 7.20. The van der Waals surface area contributed by atoms with Crippen molar-refractivity contribution in [1.29, 1.82) is 0 Å². The van der Waals surface area contributed by atoms with E-state index in [0.29, 0.717) is 16.8 Å². The van der Waals surface area contributed by atoms with Crippen molar-refractivity contribution < 1.29 is 19.1 Å². The van der Waals surface area contributed by atoms with Gasteiger partial charge in [0, 0.05) is 18.3 Å². The number of hydrazine groups is 1. The Balaban J connectivity index is 1.81. The van der Waals surface area contributed by atoms with E-state index in [-0.39, 0.29) is 0 Å². The molecule has 0 aliphatic heterocycles. The van der Waals surface area contributed by atoms with Gasteiger partial charge in [-0.05, 0) is 24.3 Å². The average molecular weight is 327 g/mol. The van der Waals surface area contributed by atoms with Crippen LogP contribution in [0.2, 0.25) is 0 Å². The van der Waals surface area contributed by atoms with Crippen LogP contribution in [0.25, 0.3) is 0 Å². The Labute approximate surface area is 139 Å². The van der Waals surface area contributed by atoms with Gasteiger partial charge in [-0.15, -0.1) is 0 Å². The summed E-state index contributed by atoms with van der Waals surface area (Å²) in [5.41, 5.74) is 5.75. The van der Waals surface area contributed by atoms with E-state index in [1.165, 1.54) is 0 Å². The monoisotopic (exact) mass is 327 g/mol. The molecule has 0 aliphatic rings. The second-order valence-electron chi connectivity index (χ2n) is 4.74. The molecular formula is C17H17N3O4. The second-order valence-corrected chi connectivity index (χ2v) is 4.74. The minimum absolute atomic E-state index is 0.320. The smallest absolute Gasteiger partial charge is 0.340 e. The van der Waals surface area contributed by atoms with E-state index in [2.05, 4.69) is 16.2 Å². The van der Waals surface area contributed by atoms with Crippen molar-refractivity contribution in [3.63, 3.8) is 0 Å². The highest BCUT2D eigenvalue weighted by Gasteiger charge is 2.14. The third-order valence-electron chi connectivity index (χ3n) is 3.10. The van der Waals surface area contributed by atoms with Crippen LogP contribution in [-0.2, 0) is 9.53 Å². The Morgan fingerprint density at radius 2 is 1.58 bits per heavy atom. The van der Waals surface area contributed by atoms with Gasteiger partial charge < -0.3 is 10.1 Å². The Kier molecular flexibility index (Phi) is 5.90. The van der Waals surface area contributed by atoms with Crippen LogP contribution >= 0.6 is 0 Å². The van der Waals surface area contributed by atoms with Crippen molar-refractivity contribution in [2.24, 2.45) is 0 Å². The molecule has 2 rings (SSSR count). The number of amides is 2. The molecule has 0 aromatic heterocycles. The summed E-state index contributed by atoms with van der Waals surface area (Å²) in [7, 11) is 1.68. The van der Waals surface area contributed by atoms with Crippen molar-refractivity contribution >= 4 is 23.5 Å². The Bertz CT molecular complexity index is 732. The number of benzene rings is 2. The second kappa shape index (κ2) is 8.33. The standard InChI is InChI=1S/C17H17N3O4/c1-18-14-10-6-5-9-13(14)17(23)24-11-15(21)19-20-16(22)12-7-3-2-4-8-12/h2-10,18H,11H2,1H3,(H,19,21)(H,20,22). The third-order valence-corrected chi connectivity index (χ3v) is 3.10. The normalized spacial score (nSPS) is 9.71. The van der Waals surface area contributed by atoms with Gasteiger partial charge in [0.2, 0.25) is 0 Å². The first-order valence-corrected chi connectivity index (χ1v) is 7.20. The molecule has 124 valence electrons. The molecule has 7 nitrogen and oxygen atoms in total. The van der Waals surface area contributed by atoms with Crippen LogP contribution in [0.4, 0.5) is 5.69 Å². The van der Waals surface area contributed by atoms with Gasteiger partial charge in [0.15, 0.2) is 6.61 Å². The van der Waals surface area contributed by atoms with E-state index in [9.17, 15) is 14.4 Å². The fourth-order valence-corrected chi connectivity index (χ4v) is 1.91. The van der Waals surface area contributed by atoms with Crippen molar-refractivity contribution in [2.45, 2.75) is 0 Å². The van der Waals surface area contributed by atoms with Crippen LogP contribution in [0.1, 0.15) is 20.7 Å². The average Bonchev–Trinajstić information content (AvgIpc) is 2.64. The van der Waals surface area contributed by atoms with Crippen molar-refractivity contribution in [1.82, 2.24) is 10.9 Å². The van der Waals surface area contributed by atoms with Gasteiger partial charge >= 0.3 is 5.97 Å². The summed E-state index contributed by atoms with van der Waals surface area (Å²) < 4.78 is 4.93. The lowest BCUT2D eigenvalue weighted by molar-refractivity contribution is -0.125. The van der Waals surface area contributed by atoms with E-state index < -0.39 is 24.4 Å². The van der Waals surface area contributed by atoms with Gasteiger partial charge in [0.05, 0.1) is 5.56 Å². The molecule has 0 atom stereocenters. The highest BCUT2D eigenvalue weighted by molar-refractivity contribution is 5.97. The molecule has 0 aliphatic carbocycles. The van der Waals surface area contributed by atoms with Gasteiger partial charge in [-0.2, -0.15) is 0 Å². The molecule has 3 N–H and O–H groups in total. The topological polar surface area (TPSA) is 96.5 Å². The molecule has 0 unspecified atom stereocenters. The number of ether oxygens (including phenoxy) is 1. The van der Waals surface area contributed by atoms with E-state index in [0.717, 1.165) is 0 Å². The molecule has 2 amide bonds. The molecule has 0 fully saturated rings. The zero-order chi connectivity index (χ0) is 17.4. The van der Waals surface area contributed by atoms with Crippen LogP contribution in [0.5, 0.6) is 0 Å². The third kappa shape index (κ3) is 4.57. The van der Waals surface area contributed by atoms with Crippen molar-refractivity contribution in [2.75, 3.05) is 19.0 Å². The fourth-order valence-electron chi connectivity index (χ4n) is 1.91. The van der Waals surface area contributed by atoms with Gasteiger partial charge in [0.25, 0.3) is 11.8 Å². The van der Waals surface area contributed by atoms with E-state index >= 15 is 0 Å². The zero-order valence-electron chi connectivity index (χ0n) is 13.0. The predicted octanol–water partition coefficient (Wildman–Crippen LogP) is 1.35. The lowest BCUT2D eigenvalue weighted by Gasteiger charge is -2.10. The summed E-state index contributed by atoms with van der Waals surface area (Å²) in [6.45, 7) is -0.508. The highest BCUT2D eigenvalue weighted by Crippen LogP contribution is 2.14. The van der Waals surface area contributed by atoms with Crippen molar-refractivity contribution in [3.05, 3.63) is 65.7 Å². The quantitative estimate of drug-likeness (QED) is 0.569. The highest BCUT2D eigenvalue weighted by atomic mass is 16.5. The maximum absolute atomic E-state index is 12.0. The summed E-state index contributed by atoms with van der Waals surface area (Å²) in [6.07, 6.45) is 0. The SMILES string of the molecule is CNc1ccccc1C(=O)OCC(=O)NNC(=O)c1ccccc1. The molecule has 7 heteroatoms. The molecule has 0 radical (unpaired) electrons.